The summed E-state index contributed by atoms with van der Waals surface area (Å²) in [4.78, 5) is 15.2. The molecule has 1 amide bonds. The fourth-order valence-electron chi connectivity index (χ4n) is 3.31. The van der Waals surface area contributed by atoms with Crippen LogP contribution < -0.4 is 5.73 Å². The third-order valence-corrected chi connectivity index (χ3v) is 8.58. The Bertz CT molecular complexity index is 698. The number of thioether (sulfide) groups is 1. The van der Waals surface area contributed by atoms with E-state index in [0.29, 0.717) is 37.0 Å². The molecule has 0 radical (unpaired) electrons. The molecule has 2 fully saturated rings. The van der Waals surface area contributed by atoms with Crippen molar-refractivity contribution in [1.29, 1.82) is 0 Å². The zero-order valence-electron chi connectivity index (χ0n) is 13.7. The number of likely N-dealkylation sites (tertiary alicyclic amines) is 1. The standard InChI is InChI=1S/C15H23N3O3S3/c1-11-8-12(9-16)10-18(11)15(19)14-13(2-5-23-14)24(20,21)17-3-6-22-7-4-17/h2,5,11-12H,3-4,6-10,16H2,1H3. The molecule has 2 saturated heterocycles. The summed E-state index contributed by atoms with van der Waals surface area (Å²) in [7, 11) is -3.60. The topological polar surface area (TPSA) is 83.7 Å². The molecule has 0 aliphatic carbocycles. The molecule has 24 heavy (non-hydrogen) atoms. The van der Waals surface area contributed by atoms with Gasteiger partial charge in [-0.05, 0) is 37.3 Å². The quantitative estimate of drug-likeness (QED) is 0.839. The lowest BCUT2D eigenvalue weighted by molar-refractivity contribution is 0.0744. The minimum absolute atomic E-state index is 0.0927. The van der Waals surface area contributed by atoms with Crippen LogP contribution in [0.4, 0.5) is 0 Å². The smallest absolute Gasteiger partial charge is 0.265 e. The number of nitrogens with two attached hydrogens (primary N) is 1. The lowest BCUT2D eigenvalue weighted by Crippen LogP contribution is -2.39. The molecule has 1 aromatic heterocycles. The van der Waals surface area contributed by atoms with Gasteiger partial charge >= 0.3 is 0 Å². The number of rotatable bonds is 4. The van der Waals surface area contributed by atoms with E-state index in [0.717, 1.165) is 17.9 Å². The molecule has 0 saturated carbocycles. The normalized spacial score (nSPS) is 26.0. The third kappa shape index (κ3) is 3.37. The molecule has 3 rings (SSSR count). The molecule has 2 unspecified atom stereocenters. The minimum Gasteiger partial charge on any atom is -0.335 e. The van der Waals surface area contributed by atoms with Crippen molar-refractivity contribution in [2.45, 2.75) is 24.3 Å². The lowest BCUT2D eigenvalue weighted by atomic mass is 10.1. The van der Waals surface area contributed by atoms with E-state index in [1.54, 1.807) is 28.1 Å². The van der Waals surface area contributed by atoms with Crippen LogP contribution in [0.15, 0.2) is 16.3 Å². The van der Waals surface area contributed by atoms with Gasteiger partial charge in [-0.25, -0.2) is 8.42 Å². The third-order valence-electron chi connectivity index (χ3n) is 4.67. The predicted molar refractivity (Wildman–Crippen MR) is 98.1 cm³/mol. The highest BCUT2D eigenvalue weighted by atomic mass is 32.2. The average molecular weight is 390 g/mol. The number of nitrogens with zero attached hydrogens (tertiary/aromatic N) is 2. The summed E-state index contributed by atoms with van der Waals surface area (Å²) >= 11 is 2.97. The molecule has 2 atom stereocenters. The van der Waals surface area contributed by atoms with Crippen LogP contribution in [0.5, 0.6) is 0 Å². The van der Waals surface area contributed by atoms with Crippen molar-refractivity contribution in [1.82, 2.24) is 9.21 Å². The summed E-state index contributed by atoms with van der Waals surface area (Å²) in [5.74, 6) is 1.71. The zero-order chi connectivity index (χ0) is 17.3. The molecule has 2 aliphatic heterocycles. The van der Waals surface area contributed by atoms with Gasteiger partial charge in [-0.3, -0.25) is 4.79 Å². The second-order valence-corrected chi connectivity index (χ2v) is 10.3. The van der Waals surface area contributed by atoms with E-state index in [4.69, 9.17) is 5.73 Å². The first-order chi connectivity index (χ1) is 11.4. The van der Waals surface area contributed by atoms with Crippen LogP contribution in [0.25, 0.3) is 0 Å². The van der Waals surface area contributed by atoms with E-state index >= 15 is 0 Å². The molecule has 134 valence electrons. The van der Waals surface area contributed by atoms with Gasteiger partial charge < -0.3 is 10.6 Å². The summed E-state index contributed by atoms with van der Waals surface area (Å²) < 4.78 is 27.3. The van der Waals surface area contributed by atoms with Gasteiger partial charge in [0.05, 0.1) is 0 Å². The first-order valence-electron chi connectivity index (χ1n) is 8.11. The van der Waals surface area contributed by atoms with Gasteiger partial charge in [-0.15, -0.1) is 11.3 Å². The summed E-state index contributed by atoms with van der Waals surface area (Å²) in [5.41, 5.74) is 5.73. The van der Waals surface area contributed by atoms with Crippen molar-refractivity contribution in [3.63, 3.8) is 0 Å². The highest BCUT2D eigenvalue weighted by molar-refractivity contribution is 7.99. The van der Waals surface area contributed by atoms with Crippen molar-refractivity contribution < 1.29 is 13.2 Å². The van der Waals surface area contributed by atoms with Gasteiger partial charge in [0.1, 0.15) is 9.77 Å². The second-order valence-electron chi connectivity index (χ2n) is 6.27. The van der Waals surface area contributed by atoms with Crippen molar-refractivity contribution in [3.8, 4) is 0 Å². The molecule has 2 aliphatic rings. The van der Waals surface area contributed by atoms with Gasteiger partial charge in [-0.1, -0.05) is 0 Å². The van der Waals surface area contributed by atoms with Crippen LogP contribution >= 0.6 is 23.1 Å². The van der Waals surface area contributed by atoms with E-state index in [9.17, 15) is 13.2 Å². The molecule has 0 aromatic carbocycles. The maximum atomic E-state index is 12.9. The average Bonchev–Trinajstić information content (AvgIpc) is 3.22. The maximum absolute atomic E-state index is 12.9. The van der Waals surface area contributed by atoms with Crippen LogP contribution in [0.2, 0.25) is 0 Å². The second kappa shape index (κ2) is 7.33. The largest absolute Gasteiger partial charge is 0.335 e. The molecule has 9 heteroatoms. The van der Waals surface area contributed by atoms with E-state index in [1.165, 1.54) is 15.6 Å². The Hall–Kier alpha value is -0.610. The van der Waals surface area contributed by atoms with E-state index < -0.39 is 10.0 Å². The van der Waals surface area contributed by atoms with Crippen LogP contribution in [0, 0.1) is 5.92 Å². The summed E-state index contributed by atoms with van der Waals surface area (Å²) in [6.45, 7) is 4.16. The number of hydrogen-bond donors (Lipinski definition) is 1. The molecule has 1 aromatic rings. The van der Waals surface area contributed by atoms with Gasteiger partial charge in [0, 0.05) is 37.2 Å². The number of hydrogen-bond acceptors (Lipinski definition) is 6. The van der Waals surface area contributed by atoms with Crippen LogP contribution in [-0.4, -0.2) is 67.3 Å². The number of sulfonamides is 1. The Balaban J connectivity index is 1.86. The number of thiophene rings is 1. The summed E-state index contributed by atoms with van der Waals surface area (Å²) in [6, 6.07) is 1.66. The monoisotopic (exact) mass is 389 g/mol. The zero-order valence-corrected chi connectivity index (χ0v) is 16.1. The molecule has 6 nitrogen and oxygen atoms in total. The van der Waals surface area contributed by atoms with E-state index in [1.807, 2.05) is 6.92 Å². The Morgan fingerprint density at radius 3 is 2.71 bits per heavy atom. The molecule has 2 N–H and O–H groups in total. The van der Waals surface area contributed by atoms with Crippen molar-refractivity contribution in [2.24, 2.45) is 11.7 Å². The minimum atomic E-state index is -3.60. The van der Waals surface area contributed by atoms with Crippen LogP contribution in [-0.2, 0) is 10.0 Å². The predicted octanol–water partition coefficient (Wildman–Crippen LogP) is 1.29. The van der Waals surface area contributed by atoms with Crippen molar-refractivity contribution in [3.05, 3.63) is 16.3 Å². The first kappa shape index (κ1) is 18.2. The lowest BCUT2D eigenvalue weighted by Gasteiger charge is -2.26. The Morgan fingerprint density at radius 2 is 2.08 bits per heavy atom. The van der Waals surface area contributed by atoms with Crippen LogP contribution in [0.1, 0.15) is 23.0 Å². The molecule has 0 bridgehead atoms. The highest BCUT2D eigenvalue weighted by Crippen LogP contribution is 2.31. The highest BCUT2D eigenvalue weighted by Gasteiger charge is 2.37. The van der Waals surface area contributed by atoms with Gasteiger partial charge in [0.15, 0.2) is 0 Å². The van der Waals surface area contributed by atoms with Crippen LogP contribution in [0.3, 0.4) is 0 Å². The molecular weight excluding hydrogens is 366 g/mol. The van der Waals surface area contributed by atoms with Gasteiger partial charge in [-0.2, -0.15) is 16.1 Å². The van der Waals surface area contributed by atoms with E-state index in [2.05, 4.69) is 0 Å². The first-order valence-corrected chi connectivity index (χ1v) is 11.6. The number of amides is 1. The molecule has 0 spiro atoms. The Labute approximate surface area is 151 Å². The van der Waals surface area contributed by atoms with Crippen molar-refractivity contribution >= 4 is 39.0 Å². The summed E-state index contributed by atoms with van der Waals surface area (Å²) in [6.07, 6.45) is 0.874. The van der Waals surface area contributed by atoms with Gasteiger partial charge in [0.25, 0.3) is 5.91 Å². The molecular formula is C15H23N3O3S3. The number of carbonyl (C=O) groups is 1. The summed E-state index contributed by atoms with van der Waals surface area (Å²) in [5, 5.41) is 1.69. The Kier molecular flexibility index (Phi) is 5.55. The SMILES string of the molecule is CC1CC(CN)CN1C(=O)c1sccc1S(=O)(=O)N1CCSCC1. The van der Waals surface area contributed by atoms with Crippen molar-refractivity contribution in [2.75, 3.05) is 37.7 Å². The fourth-order valence-corrected chi connectivity index (χ4v) is 7.24. The Morgan fingerprint density at radius 1 is 1.38 bits per heavy atom. The van der Waals surface area contributed by atoms with E-state index in [-0.39, 0.29) is 16.8 Å². The maximum Gasteiger partial charge on any atom is 0.265 e. The molecule has 3 heterocycles. The number of carbonyl (C=O) groups excluding carboxylic acids is 1. The fraction of sp³-hybridized carbons (Fsp3) is 0.667. The van der Waals surface area contributed by atoms with Gasteiger partial charge in [0.2, 0.25) is 10.0 Å².